The third kappa shape index (κ3) is 1.92. The second-order valence-corrected chi connectivity index (χ2v) is 3.70. The Hall–Kier alpha value is -1.80. The second-order valence-electron chi connectivity index (χ2n) is 3.70. The molecule has 1 aliphatic heterocycles. The minimum Gasteiger partial charge on any atom is -0.457 e. The molecule has 1 radical (unpaired) electrons. The number of benzene rings is 2. The van der Waals surface area contributed by atoms with E-state index in [1.807, 2.05) is 48.5 Å². The highest BCUT2D eigenvalue weighted by atomic mass is 16.6. The zero-order valence-corrected chi connectivity index (χ0v) is 8.72. The smallest absolute Gasteiger partial charge is 0.133 e. The Bertz CT molecular complexity index is 475. The summed E-state index contributed by atoms with van der Waals surface area (Å²) in [7, 11) is 0. The van der Waals surface area contributed by atoms with Crippen molar-refractivity contribution in [3.05, 3.63) is 60.2 Å². The Balaban J connectivity index is 1.89. The molecule has 0 amide bonds. The summed E-state index contributed by atoms with van der Waals surface area (Å²) in [6, 6.07) is 18.4. The maximum atomic E-state index is 5.81. The molecule has 2 nitrogen and oxygen atoms in total. The van der Waals surface area contributed by atoms with E-state index >= 15 is 0 Å². The quantitative estimate of drug-likeness (QED) is 0.726. The number of para-hydroxylation sites is 1. The number of hydrogen-bond donors (Lipinski definition) is 0. The Morgan fingerprint density at radius 1 is 1.12 bits per heavy atom. The molecule has 0 spiro atoms. The molecule has 0 aliphatic carbocycles. The van der Waals surface area contributed by atoms with Crippen molar-refractivity contribution in [1.29, 1.82) is 0 Å². The maximum Gasteiger partial charge on any atom is 0.133 e. The van der Waals surface area contributed by atoms with Gasteiger partial charge in [0.1, 0.15) is 17.6 Å². The van der Waals surface area contributed by atoms with Crippen molar-refractivity contribution in [3.8, 4) is 11.5 Å². The minimum absolute atomic E-state index is 0.214. The monoisotopic (exact) mass is 211 g/mol. The van der Waals surface area contributed by atoms with Crippen molar-refractivity contribution in [1.82, 2.24) is 0 Å². The number of epoxide rings is 1. The van der Waals surface area contributed by atoms with Crippen LogP contribution in [0.4, 0.5) is 0 Å². The van der Waals surface area contributed by atoms with Crippen LogP contribution in [0.1, 0.15) is 11.7 Å². The Morgan fingerprint density at radius 2 is 1.88 bits per heavy atom. The van der Waals surface area contributed by atoms with Crippen LogP contribution in [0, 0.1) is 6.07 Å². The molecular weight excluding hydrogens is 200 g/mol. The van der Waals surface area contributed by atoms with Crippen LogP contribution in [0.2, 0.25) is 0 Å². The standard InChI is InChI=1S/C14H11O2/c1-2-6-11(7-3-1)16-13-9-5-4-8-12(13)14-10-15-14/h2-9,14H,10H2. The van der Waals surface area contributed by atoms with Crippen LogP contribution in [-0.2, 0) is 4.74 Å². The molecule has 1 heterocycles. The predicted molar refractivity (Wildman–Crippen MR) is 60.5 cm³/mol. The molecule has 3 rings (SSSR count). The van der Waals surface area contributed by atoms with Crippen molar-refractivity contribution in [2.75, 3.05) is 6.61 Å². The van der Waals surface area contributed by atoms with E-state index in [4.69, 9.17) is 9.47 Å². The molecule has 0 aromatic heterocycles. The predicted octanol–water partition coefficient (Wildman–Crippen LogP) is 3.35. The summed E-state index contributed by atoms with van der Waals surface area (Å²) in [5.41, 5.74) is 1.12. The lowest BCUT2D eigenvalue weighted by Crippen LogP contribution is -1.89. The van der Waals surface area contributed by atoms with Crippen molar-refractivity contribution in [2.24, 2.45) is 0 Å². The van der Waals surface area contributed by atoms with E-state index < -0.39 is 0 Å². The van der Waals surface area contributed by atoms with Gasteiger partial charge in [-0.2, -0.15) is 0 Å². The van der Waals surface area contributed by atoms with Crippen LogP contribution in [0.5, 0.6) is 11.5 Å². The number of hydrogen-bond acceptors (Lipinski definition) is 2. The van der Waals surface area contributed by atoms with E-state index in [0.29, 0.717) is 0 Å². The Morgan fingerprint density at radius 3 is 2.62 bits per heavy atom. The van der Waals surface area contributed by atoms with Gasteiger partial charge < -0.3 is 9.47 Å². The Kier molecular flexibility index (Phi) is 2.35. The third-order valence-corrected chi connectivity index (χ3v) is 2.51. The molecule has 2 heteroatoms. The lowest BCUT2D eigenvalue weighted by molar-refractivity contribution is 0.403. The highest BCUT2D eigenvalue weighted by molar-refractivity contribution is 5.40. The summed E-state index contributed by atoms with van der Waals surface area (Å²) in [5.74, 6) is 1.70. The average Bonchev–Trinajstić information content (AvgIpc) is 3.15. The van der Waals surface area contributed by atoms with Crippen molar-refractivity contribution in [2.45, 2.75) is 6.10 Å². The van der Waals surface area contributed by atoms with Crippen molar-refractivity contribution < 1.29 is 9.47 Å². The first kappa shape index (κ1) is 9.43. The average molecular weight is 211 g/mol. The van der Waals surface area contributed by atoms with Crippen molar-refractivity contribution in [3.63, 3.8) is 0 Å². The van der Waals surface area contributed by atoms with Gasteiger partial charge in [0.2, 0.25) is 0 Å². The van der Waals surface area contributed by atoms with Crippen LogP contribution in [0.25, 0.3) is 0 Å². The van der Waals surface area contributed by atoms with Gasteiger partial charge in [-0.25, -0.2) is 0 Å². The van der Waals surface area contributed by atoms with E-state index in [2.05, 4.69) is 6.07 Å². The summed E-state index contributed by atoms with van der Waals surface area (Å²) in [6.07, 6.45) is 0.214. The van der Waals surface area contributed by atoms with Gasteiger partial charge in [-0.1, -0.05) is 30.3 Å². The second kappa shape index (κ2) is 3.99. The zero-order valence-electron chi connectivity index (χ0n) is 8.72. The minimum atomic E-state index is 0.214. The van der Waals surface area contributed by atoms with Gasteiger partial charge in [0.15, 0.2) is 0 Å². The van der Waals surface area contributed by atoms with Gasteiger partial charge >= 0.3 is 0 Å². The van der Waals surface area contributed by atoms with Crippen LogP contribution in [0.15, 0.2) is 48.5 Å². The lowest BCUT2D eigenvalue weighted by atomic mass is 10.1. The van der Waals surface area contributed by atoms with Crippen molar-refractivity contribution >= 4 is 0 Å². The van der Waals surface area contributed by atoms with E-state index in [1.54, 1.807) is 0 Å². The van der Waals surface area contributed by atoms with E-state index in [-0.39, 0.29) is 6.10 Å². The first-order valence-corrected chi connectivity index (χ1v) is 5.28. The van der Waals surface area contributed by atoms with E-state index in [9.17, 15) is 0 Å². The van der Waals surface area contributed by atoms with E-state index in [0.717, 1.165) is 23.7 Å². The molecule has 1 saturated heterocycles. The highest BCUT2D eigenvalue weighted by Crippen LogP contribution is 2.37. The molecule has 1 atom stereocenters. The van der Waals surface area contributed by atoms with Crippen LogP contribution in [-0.4, -0.2) is 6.61 Å². The summed E-state index contributed by atoms with van der Waals surface area (Å²) < 4.78 is 11.1. The number of ether oxygens (including phenoxy) is 2. The topological polar surface area (TPSA) is 21.8 Å². The van der Waals surface area contributed by atoms with Crippen LogP contribution in [0.3, 0.4) is 0 Å². The fraction of sp³-hybridized carbons (Fsp3) is 0.143. The Labute approximate surface area is 94.4 Å². The highest BCUT2D eigenvalue weighted by Gasteiger charge is 2.27. The first-order valence-electron chi connectivity index (χ1n) is 5.28. The summed E-state index contributed by atoms with van der Waals surface area (Å²) >= 11 is 0. The summed E-state index contributed by atoms with van der Waals surface area (Å²) in [6.45, 7) is 0.795. The molecule has 0 saturated carbocycles. The zero-order chi connectivity index (χ0) is 10.8. The van der Waals surface area contributed by atoms with Gasteiger partial charge in [-0.15, -0.1) is 0 Å². The van der Waals surface area contributed by atoms with Gasteiger partial charge in [-0.3, -0.25) is 0 Å². The third-order valence-electron chi connectivity index (χ3n) is 2.51. The SMILES string of the molecule is [c]1ccc(Oc2ccccc2C2CO2)cc1. The fourth-order valence-electron chi connectivity index (χ4n) is 1.63. The number of rotatable bonds is 3. The van der Waals surface area contributed by atoms with Crippen LogP contribution >= 0.6 is 0 Å². The molecule has 1 fully saturated rings. The molecule has 0 N–H and O–H groups in total. The normalized spacial score (nSPS) is 18.1. The molecule has 2 aromatic rings. The van der Waals surface area contributed by atoms with Gasteiger partial charge in [0.25, 0.3) is 0 Å². The molecule has 16 heavy (non-hydrogen) atoms. The van der Waals surface area contributed by atoms with Gasteiger partial charge in [0.05, 0.1) is 6.61 Å². The first-order chi connectivity index (χ1) is 7.93. The largest absolute Gasteiger partial charge is 0.457 e. The van der Waals surface area contributed by atoms with E-state index in [1.165, 1.54) is 0 Å². The molecule has 1 aliphatic rings. The van der Waals surface area contributed by atoms with Crippen LogP contribution < -0.4 is 4.74 Å². The van der Waals surface area contributed by atoms with Gasteiger partial charge in [-0.05, 0) is 24.3 Å². The maximum absolute atomic E-state index is 5.81. The summed E-state index contributed by atoms with van der Waals surface area (Å²) in [5, 5.41) is 0. The lowest BCUT2D eigenvalue weighted by Gasteiger charge is -2.08. The molecule has 0 bridgehead atoms. The molecule has 1 unspecified atom stereocenters. The fourth-order valence-corrected chi connectivity index (χ4v) is 1.63. The molecular formula is C14H11O2. The summed E-state index contributed by atoms with van der Waals surface area (Å²) in [4.78, 5) is 0. The molecule has 79 valence electrons. The molecule has 2 aromatic carbocycles. The van der Waals surface area contributed by atoms with Gasteiger partial charge in [0, 0.05) is 5.56 Å².